The number of aliphatic hydroxyl groups excluding tert-OH is 1. The van der Waals surface area contributed by atoms with Gasteiger partial charge >= 0.3 is 87.6 Å². The Morgan fingerprint density at radius 3 is 1.22 bits per heavy atom. The zero-order valence-electron chi connectivity index (χ0n) is 38.9. The van der Waals surface area contributed by atoms with E-state index in [0.29, 0.717) is 25.9 Å². The molecule has 3 saturated heterocycles. The number of aliphatic carboxylic acids is 2. The SMILES string of the molecule is C=CCOC(=O)[C@@H]1C[C@@H](C)CN1C(=O)OC(C)(C)C.CC.CC(C)(C)OC(=O)N1C[C@H](O)C[C@H]1C(=O)O.CC(C)(C)[O-].C[C@@H]1C[C@@H](C(=O)O)N(C(=O)OC(C)(C)C)C1.[K+]. The molecule has 6 atom stereocenters. The van der Waals surface area contributed by atoms with Crippen LogP contribution in [-0.4, -0.2) is 139 Å². The van der Waals surface area contributed by atoms with E-state index in [1.165, 1.54) is 15.9 Å². The molecule has 3 heterocycles. The van der Waals surface area contributed by atoms with Gasteiger partial charge in [-0.05, 0) is 87.0 Å². The first-order valence-electron chi connectivity index (χ1n) is 19.8. The van der Waals surface area contributed by atoms with Gasteiger partial charge in [0, 0.05) is 19.5 Å². The van der Waals surface area contributed by atoms with E-state index in [9.17, 15) is 39.0 Å². The minimum absolute atomic E-state index is 0. The second-order valence-corrected chi connectivity index (χ2v) is 18.2. The first-order valence-corrected chi connectivity index (χ1v) is 19.8. The van der Waals surface area contributed by atoms with Crippen LogP contribution in [0.15, 0.2) is 12.7 Å². The van der Waals surface area contributed by atoms with Gasteiger partial charge in [-0.15, -0.1) is 5.60 Å². The van der Waals surface area contributed by atoms with Crippen LogP contribution in [0.2, 0.25) is 0 Å². The zero-order valence-corrected chi connectivity index (χ0v) is 42.0. The molecular formula is C41H74KN3O14. The monoisotopic (exact) mass is 871 g/mol. The number of carbonyl (C=O) groups is 6. The van der Waals surface area contributed by atoms with Crippen LogP contribution in [0.25, 0.3) is 0 Å². The van der Waals surface area contributed by atoms with Gasteiger partial charge in [0.05, 0.1) is 12.6 Å². The minimum atomic E-state index is -1.12. The second-order valence-electron chi connectivity index (χ2n) is 18.2. The Bertz CT molecular complexity index is 1280. The Balaban J connectivity index is -0.000000734. The quantitative estimate of drug-likeness (QED) is 0.156. The van der Waals surface area contributed by atoms with Crippen molar-refractivity contribution in [3.8, 4) is 0 Å². The number of likely N-dealkylation sites (tertiary alicyclic amines) is 3. The van der Waals surface area contributed by atoms with Crippen LogP contribution in [0.4, 0.5) is 14.4 Å². The third kappa shape index (κ3) is 27.2. The molecule has 3 amide bonds. The third-order valence-electron chi connectivity index (χ3n) is 7.37. The molecular weight excluding hydrogens is 798 g/mol. The number of hydrogen-bond donors (Lipinski definition) is 3. The van der Waals surface area contributed by atoms with Crippen LogP contribution < -0.4 is 56.5 Å². The molecule has 3 aliphatic heterocycles. The Labute approximate surface area is 394 Å². The summed E-state index contributed by atoms with van der Waals surface area (Å²) in [5.74, 6) is -2.02. The van der Waals surface area contributed by atoms with Crippen LogP contribution >= 0.6 is 0 Å². The molecule has 3 aliphatic rings. The van der Waals surface area contributed by atoms with E-state index in [0.717, 1.165) is 4.90 Å². The number of β-amino-alcohol motifs (C(OH)–C–C–N with tert-alkyl or cyclic N) is 1. The molecule has 0 aromatic rings. The van der Waals surface area contributed by atoms with Crippen LogP contribution in [0, 0.1) is 11.8 Å². The Morgan fingerprint density at radius 1 is 0.627 bits per heavy atom. The molecule has 0 aliphatic carbocycles. The first-order chi connectivity index (χ1) is 26.2. The van der Waals surface area contributed by atoms with Crippen molar-refractivity contribution in [2.45, 2.75) is 177 Å². The largest absolute Gasteiger partial charge is 1.00 e. The first kappa shape index (κ1) is 60.8. The molecule has 18 heteroatoms. The smallest absolute Gasteiger partial charge is 0.850 e. The fraction of sp³-hybridized carbons (Fsp3) is 0.805. The van der Waals surface area contributed by atoms with E-state index in [1.54, 1.807) is 83.1 Å². The molecule has 3 fully saturated rings. The van der Waals surface area contributed by atoms with Gasteiger partial charge in [0.2, 0.25) is 0 Å². The summed E-state index contributed by atoms with van der Waals surface area (Å²) in [7, 11) is 0. The van der Waals surface area contributed by atoms with Crippen LogP contribution in [0.3, 0.4) is 0 Å². The normalized spacial score (nSPS) is 22.4. The van der Waals surface area contributed by atoms with Gasteiger partial charge in [-0.1, -0.05) is 61.1 Å². The Kier molecular flexibility index (Phi) is 27.6. The fourth-order valence-corrected chi connectivity index (χ4v) is 5.40. The molecule has 0 radical (unpaired) electrons. The standard InChI is InChI=1S/C14H23NO4.C11H19NO4.C10H17NO5.C4H9O.C2H6.K/c1-6-7-18-12(16)11-8-10(2)9-15(11)13(17)19-14(3,4)5;1-7-5-8(9(13)14)12(6-7)10(15)16-11(2,3)4;1-10(2,3)16-9(15)11-5-6(12)4-7(11)8(13)14;1-4(2,3)5;1-2;/h6,10-11H,1,7-9H2,2-5H3;7-8H,5-6H2,1-4H3,(H,13,14);6-7,12H,4-5H2,1-3H3,(H,13,14);1-3H3;1-2H3;/q;;;-1;;+1/t10-,11+;7-,8+;6-,7+;;;/m111.../s1. The summed E-state index contributed by atoms with van der Waals surface area (Å²) < 4.78 is 20.6. The Morgan fingerprint density at radius 2 is 0.915 bits per heavy atom. The van der Waals surface area contributed by atoms with E-state index < -0.39 is 82.8 Å². The molecule has 0 aromatic carbocycles. The fourth-order valence-electron chi connectivity index (χ4n) is 5.40. The molecule has 0 bridgehead atoms. The van der Waals surface area contributed by atoms with Crippen molar-refractivity contribution in [2.75, 3.05) is 26.2 Å². The molecule has 17 nitrogen and oxygen atoms in total. The van der Waals surface area contributed by atoms with Gasteiger partial charge in [0.25, 0.3) is 0 Å². The maximum atomic E-state index is 12.1. The molecule has 0 spiro atoms. The molecule has 3 rings (SSSR count). The average Bonchev–Trinajstić information content (AvgIpc) is 3.74. The number of ether oxygens (including phenoxy) is 4. The number of esters is 1. The summed E-state index contributed by atoms with van der Waals surface area (Å²) in [5.41, 5.74) is -2.59. The molecule has 0 unspecified atom stereocenters. The van der Waals surface area contributed by atoms with E-state index in [2.05, 4.69) is 6.58 Å². The summed E-state index contributed by atoms with van der Waals surface area (Å²) in [6.45, 7) is 33.3. The molecule has 338 valence electrons. The number of hydrogen-bond acceptors (Lipinski definition) is 12. The molecule has 3 N–H and O–H groups in total. The number of rotatable bonds is 5. The van der Waals surface area contributed by atoms with E-state index in [4.69, 9.17) is 29.2 Å². The maximum Gasteiger partial charge on any atom is 1.00 e. The van der Waals surface area contributed by atoms with Crippen LogP contribution in [0.1, 0.15) is 130 Å². The van der Waals surface area contributed by atoms with Gasteiger partial charge in [-0.25, -0.2) is 28.8 Å². The van der Waals surface area contributed by atoms with Crippen LogP contribution in [-0.2, 0) is 33.3 Å². The zero-order chi connectivity index (χ0) is 46.1. The van der Waals surface area contributed by atoms with Gasteiger partial charge in [-0.3, -0.25) is 14.7 Å². The number of carboxylic acids is 2. The van der Waals surface area contributed by atoms with Gasteiger partial charge < -0.3 is 39.4 Å². The topological polar surface area (TPSA) is 233 Å². The number of aliphatic hydroxyl groups is 1. The van der Waals surface area contributed by atoms with Crippen molar-refractivity contribution in [1.29, 1.82) is 0 Å². The summed E-state index contributed by atoms with van der Waals surface area (Å²) in [6, 6.07) is -2.29. The number of carboxylic acid groups (broad SMARTS) is 2. The van der Waals surface area contributed by atoms with Crippen molar-refractivity contribution in [1.82, 2.24) is 14.7 Å². The van der Waals surface area contributed by atoms with Crippen molar-refractivity contribution in [2.24, 2.45) is 11.8 Å². The molecule has 0 saturated carbocycles. The predicted molar refractivity (Wildman–Crippen MR) is 216 cm³/mol. The molecule has 0 aromatic heterocycles. The summed E-state index contributed by atoms with van der Waals surface area (Å²) in [6.07, 6.45) is 0.165. The maximum absolute atomic E-state index is 12.1. The Hall–Kier alpha value is -2.48. The van der Waals surface area contributed by atoms with Crippen molar-refractivity contribution in [3.63, 3.8) is 0 Å². The van der Waals surface area contributed by atoms with Crippen molar-refractivity contribution >= 4 is 36.2 Å². The third-order valence-corrected chi connectivity index (χ3v) is 7.37. The average molecular weight is 872 g/mol. The van der Waals surface area contributed by atoms with Crippen molar-refractivity contribution in [3.05, 3.63) is 12.7 Å². The minimum Gasteiger partial charge on any atom is -0.850 e. The molecule has 59 heavy (non-hydrogen) atoms. The number of amides is 3. The summed E-state index contributed by atoms with van der Waals surface area (Å²) >= 11 is 0. The van der Waals surface area contributed by atoms with Gasteiger partial charge in [0.1, 0.15) is 41.5 Å². The van der Waals surface area contributed by atoms with Crippen molar-refractivity contribution < 1.29 is 120 Å². The predicted octanol–water partition coefficient (Wildman–Crippen LogP) is 2.69. The van der Waals surface area contributed by atoms with E-state index >= 15 is 0 Å². The van der Waals surface area contributed by atoms with Crippen LogP contribution in [0.5, 0.6) is 0 Å². The summed E-state index contributed by atoms with van der Waals surface area (Å²) in [4.78, 5) is 73.1. The van der Waals surface area contributed by atoms with Gasteiger partial charge in [-0.2, -0.15) is 0 Å². The summed E-state index contributed by atoms with van der Waals surface area (Å²) in [5, 5.41) is 37.3. The number of nitrogens with zero attached hydrogens (tertiary/aromatic N) is 3. The number of carbonyl (C=O) groups excluding carboxylic acids is 4. The van der Waals surface area contributed by atoms with Gasteiger partial charge in [0.15, 0.2) is 0 Å². The van der Waals surface area contributed by atoms with E-state index in [-0.39, 0.29) is 82.8 Å². The second kappa shape index (κ2) is 26.8. The van der Waals surface area contributed by atoms with E-state index in [1.807, 2.05) is 27.7 Å².